The van der Waals surface area contributed by atoms with Crippen molar-refractivity contribution in [3.63, 3.8) is 0 Å². The van der Waals surface area contributed by atoms with E-state index in [-0.39, 0.29) is 0 Å². The van der Waals surface area contributed by atoms with Gasteiger partial charge in [-0.2, -0.15) is 0 Å². The fraction of sp³-hybridized carbons (Fsp3) is 0.154. The van der Waals surface area contributed by atoms with E-state index in [0.29, 0.717) is 0 Å². The molecule has 0 bridgehead atoms. The van der Waals surface area contributed by atoms with E-state index in [1.54, 1.807) is 0 Å². The molecule has 0 atom stereocenters. The number of aromatic amines is 1. The fourth-order valence-corrected chi connectivity index (χ4v) is 4.17. The average Bonchev–Trinajstić information content (AvgIpc) is 3.10. The van der Waals surface area contributed by atoms with Gasteiger partial charge in [0.15, 0.2) is 0 Å². The minimum atomic E-state index is 1.05. The van der Waals surface area contributed by atoms with Gasteiger partial charge in [0.25, 0.3) is 0 Å². The van der Waals surface area contributed by atoms with Crippen LogP contribution in [0, 0.1) is 0 Å². The first-order valence-corrected chi connectivity index (χ1v) is 9.84. The van der Waals surface area contributed by atoms with E-state index in [1.165, 1.54) is 54.8 Å². The lowest BCUT2D eigenvalue weighted by Crippen LogP contribution is -1.88. The summed E-state index contributed by atoms with van der Waals surface area (Å²) in [5.74, 6) is 0. The van der Waals surface area contributed by atoms with Crippen molar-refractivity contribution in [3.8, 4) is 11.1 Å². The largest absolute Gasteiger partial charge is 0.354 e. The molecule has 0 radical (unpaired) electrons. The molecule has 0 saturated heterocycles. The van der Waals surface area contributed by atoms with E-state index in [9.17, 15) is 0 Å². The van der Waals surface area contributed by atoms with Crippen molar-refractivity contribution in [2.75, 3.05) is 0 Å². The number of benzene rings is 4. The summed E-state index contributed by atoms with van der Waals surface area (Å²) in [4.78, 5) is 3.70. The summed E-state index contributed by atoms with van der Waals surface area (Å²) in [6.45, 7) is 4.43. The molecular formula is C26H23N. The molecule has 5 aromatic rings. The van der Waals surface area contributed by atoms with Crippen molar-refractivity contribution in [2.45, 2.75) is 26.7 Å². The van der Waals surface area contributed by atoms with Crippen LogP contribution in [0.3, 0.4) is 0 Å². The van der Waals surface area contributed by atoms with Gasteiger partial charge in [-0.15, -0.1) is 0 Å². The second-order valence-corrected chi connectivity index (χ2v) is 7.30. The predicted octanol–water partition coefficient (Wildman–Crippen LogP) is 7.27. The number of fused-ring (bicyclic) bond motifs is 4. The molecule has 0 aliphatic carbocycles. The quantitative estimate of drug-likeness (QED) is 0.352. The number of rotatable bonds is 3. The van der Waals surface area contributed by atoms with Gasteiger partial charge in [-0.05, 0) is 52.4 Å². The van der Waals surface area contributed by atoms with Crippen LogP contribution >= 0.6 is 0 Å². The van der Waals surface area contributed by atoms with Gasteiger partial charge in [0.1, 0.15) is 0 Å². The molecule has 1 heterocycles. The molecule has 132 valence electrons. The Morgan fingerprint density at radius 3 is 2.19 bits per heavy atom. The van der Waals surface area contributed by atoms with Crippen molar-refractivity contribution in [1.29, 1.82) is 0 Å². The van der Waals surface area contributed by atoms with E-state index in [4.69, 9.17) is 0 Å². The topological polar surface area (TPSA) is 15.8 Å². The SMILES string of the molecule is CCc1ccc(-c2c3cc(CC)ccc3cc3c2[nH]c2ccccc23)cc1. The monoisotopic (exact) mass is 349 g/mol. The van der Waals surface area contributed by atoms with Gasteiger partial charge in [-0.1, -0.05) is 74.5 Å². The number of hydrogen-bond acceptors (Lipinski definition) is 0. The second-order valence-electron chi connectivity index (χ2n) is 7.30. The van der Waals surface area contributed by atoms with Gasteiger partial charge >= 0.3 is 0 Å². The maximum absolute atomic E-state index is 3.70. The number of para-hydroxylation sites is 1. The summed E-state index contributed by atoms with van der Waals surface area (Å²) in [7, 11) is 0. The molecule has 27 heavy (non-hydrogen) atoms. The number of H-pyrrole nitrogens is 1. The lowest BCUT2D eigenvalue weighted by atomic mass is 9.93. The fourth-order valence-electron chi connectivity index (χ4n) is 4.17. The molecule has 0 fully saturated rings. The Kier molecular flexibility index (Phi) is 3.75. The van der Waals surface area contributed by atoms with Crippen LogP contribution in [0.15, 0.2) is 72.8 Å². The first-order chi connectivity index (χ1) is 13.3. The molecule has 1 N–H and O–H groups in total. The van der Waals surface area contributed by atoms with Crippen molar-refractivity contribution in [3.05, 3.63) is 83.9 Å². The predicted molar refractivity (Wildman–Crippen MR) is 118 cm³/mol. The van der Waals surface area contributed by atoms with Crippen LogP contribution in [0.5, 0.6) is 0 Å². The lowest BCUT2D eigenvalue weighted by molar-refractivity contribution is 1.14. The molecule has 0 unspecified atom stereocenters. The van der Waals surface area contributed by atoms with Crippen LogP contribution in [-0.2, 0) is 12.8 Å². The Morgan fingerprint density at radius 2 is 1.41 bits per heavy atom. The Labute approximate surface area is 159 Å². The molecule has 4 aromatic carbocycles. The zero-order valence-corrected chi connectivity index (χ0v) is 15.8. The highest BCUT2D eigenvalue weighted by molar-refractivity contribution is 6.19. The highest BCUT2D eigenvalue weighted by atomic mass is 14.7. The van der Waals surface area contributed by atoms with Gasteiger partial charge in [0.05, 0.1) is 5.52 Å². The molecule has 0 spiro atoms. The Bertz CT molecular complexity index is 1270. The highest BCUT2D eigenvalue weighted by Gasteiger charge is 2.14. The van der Waals surface area contributed by atoms with Gasteiger partial charge in [0, 0.05) is 21.9 Å². The summed E-state index contributed by atoms with van der Waals surface area (Å²) in [6.07, 6.45) is 2.12. The Hall–Kier alpha value is -3.06. The van der Waals surface area contributed by atoms with E-state index in [2.05, 4.69) is 91.6 Å². The van der Waals surface area contributed by atoms with Crippen LogP contribution in [0.4, 0.5) is 0 Å². The smallest absolute Gasteiger partial charge is 0.0551 e. The maximum Gasteiger partial charge on any atom is 0.0551 e. The third-order valence-electron chi connectivity index (χ3n) is 5.74. The Balaban J connectivity index is 1.94. The van der Waals surface area contributed by atoms with E-state index in [1.807, 2.05) is 0 Å². The van der Waals surface area contributed by atoms with Crippen molar-refractivity contribution in [1.82, 2.24) is 4.98 Å². The zero-order valence-electron chi connectivity index (χ0n) is 15.8. The Morgan fingerprint density at radius 1 is 0.667 bits per heavy atom. The van der Waals surface area contributed by atoms with Gasteiger partial charge in [0.2, 0.25) is 0 Å². The van der Waals surface area contributed by atoms with E-state index in [0.717, 1.165) is 12.8 Å². The second kappa shape index (κ2) is 6.28. The van der Waals surface area contributed by atoms with E-state index < -0.39 is 0 Å². The summed E-state index contributed by atoms with van der Waals surface area (Å²) in [5, 5.41) is 5.23. The minimum absolute atomic E-state index is 1.05. The average molecular weight is 349 g/mol. The summed E-state index contributed by atoms with van der Waals surface area (Å²) in [6, 6.07) is 26.9. The van der Waals surface area contributed by atoms with Gasteiger partial charge in [-0.25, -0.2) is 0 Å². The number of aromatic nitrogens is 1. The number of hydrogen-bond donors (Lipinski definition) is 1. The van der Waals surface area contributed by atoms with E-state index >= 15 is 0 Å². The molecule has 0 aliphatic heterocycles. The molecule has 1 nitrogen and oxygen atoms in total. The van der Waals surface area contributed by atoms with Crippen LogP contribution in [0.2, 0.25) is 0 Å². The molecular weight excluding hydrogens is 326 g/mol. The van der Waals surface area contributed by atoms with Crippen LogP contribution in [0.25, 0.3) is 43.7 Å². The van der Waals surface area contributed by atoms with Crippen LogP contribution in [0.1, 0.15) is 25.0 Å². The normalized spacial score (nSPS) is 11.6. The number of nitrogens with one attached hydrogen (secondary N) is 1. The molecule has 1 aromatic heterocycles. The van der Waals surface area contributed by atoms with Crippen LogP contribution in [-0.4, -0.2) is 4.98 Å². The zero-order chi connectivity index (χ0) is 18.4. The molecule has 1 heteroatoms. The summed E-state index contributed by atoms with van der Waals surface area (Å²) < 4.78 is 0. The molecule has 0 saturated carbocycles. The van der Waals surface area contributed by atoms with Crippen molar-refractivity contribution < 1.29 is 0 Å². The third-order valence-corrected chi connectivity index (χ3v) is 5.74. The molecule has 0 amide bonds. The number of aryl methyl sites for hydroxylation is 2. The molecule has 5 rings (SSSR count). The summed E-state index contributed by atoms with van der Waals surface area (Å²) >= 11 is 0. The van der Waals surface area contributed by atoms with Gasteiger partial charge < -0.3 is 4.98 Å². The molecule has 0 aliphatic rings. The van der Waals surface area contributed by atoms with Crippen LogP contribution < -0.4 is 0 Å². The standard InChI is InChI=1S/C26H23N/c1-3-17-9-12-19(13-10-17)25-22-15-18(4-2)11-14-20(22)16-23-21-7-5-6-8-24(21)27-26(23)25/h5-16,27H,3-4H2,1-2H3. The van der Waals surface area contributed by atoms with Gasteiger partial charge in [-0.3, -0.25) is 0 Å². The van der Waals surface area contributed by atoms with Crippen molar-refractivity contribution >= 4 is 32.6 Å². The van der Waals surface area contributed by atoms with Crippen molar-refractivity contribution in [2.24, 2.45) is 0 Å². The highest BCUT2D eigenvalue weighted by Crippen LogP contribution is 2.39. The first kappa shape index (κ1) is 16.1. The third kappa shape index (κ3) is 2.54. The maximum atomic E-state index is 3.70. The first-order valence-electron chi connectivity index (χ1n) is 9.84. The summed E-state index contributed by atoms with van der Waals surface area (Å²) in [5.41, 5.74) is 7.79. The minimum Gasteiger partial charge on any atom is -0.354 e. The lowest BCUT2D eigenvalue weighted by Gasteiger charge is -2.12.